The third kappa shape index (κ3) is 3.72. The maximum absolute atomic E-state index is 5.37. The zero-order chi connectivity index (χ0) is 13.7. The smallest absolute Gasteiger partial charge is 0.141 e. The van der Waals surface area contributed by atoms with Gasteiger partial charge in [0.1, 0.15) is 5.75 Å². The van der Waals surface area contributed by atoms with E-state index in [1.165, 1.54) is 5.56 Å². The molecule has 0 amide bonds. The van der Waals surface area contributed by atoms with Gasteiger partial charge in [-0.3, -0.25) is 5.10 Å². The predicted octanol–water partition coefficient (Wildman–Crippen LogP) is 2.09. The lowest BCUT2D eigenvalue weighted by Gasteiger charge is -2.14. The Balaban J connectivity index is 2.11. The Labute approximate surface area is 113 Å². The molecule has 5 nitrogen and oxygen atoms in total. The summed E-state index contributed by atoms with van der Waals surface area (Å²) in [4.78, 5) is 2.14. The summed E-state index contributed by atoms with van der Waals surface area (Å²) in [5.74, 6) is 0.849. The van der Waals surface area contributed by atoms with Crippen LogP contribution in [0.4, 0.5) is 5.69 Å². The number of rotatable bonds is 6. The Morgan fingerprint density at radius 2 is 2.16 bits per heavy atom. The van der Waals surface area contributed by atoms with Gasteiger partial charge in [-0.15, -0.1) is 0 Å². The molecule has 19 heavy (non-hydrogen) atoms. The van der Waals surface area contributed by atoms with Crippen LogP contribution in [-0.4, -0.2) is 36.3 Å². The first kappa shape index (κ1) is 13.4. The average Bonchev–Trinajstić information content (AvgIpc) is 2.89. The molecule has 0 radical (unpaired) electrons. The van der Waals surface area contributed by atoms with Gasteiger partial charge in [-0.1, -0.05) is 6.07 Å². The first-order chi connectivity index (χ1) is 9.19. The zero-order valence-corrected chi connectivity index (χ0v) is 11.6. The quantitative estimate of drug-likeness (QED) is 0.835. The minimum Gasteiger partial charge on any atom is -0.495 e. The van der Waals surface area contributed by atoms with Crippen LogP contribution in [0.5, 0.6) is 5.75 Å². The summed E-state index contributed by atoms with van der Waals surface area (Å²) in [6, 6.07) is 8.15. The molecule has 2 rings (SSSR count). The highest BCUT2D eigenvalue weighted by molar-refractivity contribution is 5.58. The molecule has 102 valence electrons. The molecule has 0 atom stereocenters. The molecule has 1 heterocycles. The van der Waals surface area contributed by atoms with Gasteiger partial charge in [0.2, 0.25) is 0 Å². The van der Waals surface area contributed by atoms with Gasteiger partial charge < -0.3 is 15.0 Å². The number of hydrogen-bond donors (Lipinski definition) is 2. The van der Waals surface area contributed by atoms with Crippen molar-refractivity contribution < 1.29 is 4.74 Å². The van der Waals surface area contributed by atoms with Gasteiger partial charge in [-0.25, -0.2) is 0 Å². The number of methoxy groups -OCH3 is 1. The molecule has 5 heteroatoms. The topological polar surface area (TPSA) is 53.2 Å². The second-order valence-corrected chi connectivity index (χ2v) is 4.71. The Morgan fingerprint density at radius 1 is 1.32 bits per heavy atom. The Kier molecular flexibility index (Phi) is 4.41. The van der Waals surface area contributed by atoms with Crippen molar-refractivity contribution in [1.82, 2.24) is 15.1 Å². The molecule has 1 aromatic carbocycles. The SMILES string of the molecule is COc1ccc(CN(C)C)cc1NCc1ccn[nH]1. The van der Waals surface area contributed by atoms with E-state index >= 15 is 0 Å². The molecule has 2 aromatic rings. The molecule has 0 saturated heterocycles. The lowest BCUT2D eigenvalue weighted by molar-refractivity contribution is 0.400. The fourth-order valence-electron chi connectivity index (χ4n) is 1.93. The predicted molar refractivity (Wildman–Crippen MR) is 76.3 cm³/mol. The average molecular weight is 260 g/mol. The van der Waals surface area contributed by atoms with Crippen LogP contribution in [0.15, 0.2) is 30.5 Å². The number of aromatic amines is 1. The van der Waals surface area contributed by atoms with E-state index in [4.69, 9.17) is 4.74 Å². The van der Waals surface area contributed by atoms with Crippen molar-refractivity contribution in [3.05, 3.63) is 41.7 Å². The highest BCUT2D eigenvalue weighted by Gasteiger charge is 2.05. The molecule has 0 bridgehead atoms. The number of ether oxygens (including phenoxy) is 1. The van der Waals surface area contributed by atoms with Gasteiger partial charge in [0.15, 0.2) is 0 Å². The van der Waals surface area contributed by atoms with Crippen LogP contribution in [0, 0.1) is 0 Å². The Morgan fingerprint density at radius 3 is 2.79 bits per heavy atom. The van der Waals surface area contributed by atoms with Crippen LogP contribution in [-0.2, 0) is 13.1 Å². The van der Waals surface area contributed by atoms with Crippen molar-refractivity contribution in [2.75, 3.05) is 26.5 Å². The van der Waals surface area contributed by atoms with E-state index in [-0.39, 0.29) is 0 Å². The van der Waals surface area contributed by atoms with Gasteiger partial charge >= 0.3 is 0 Å². The lowest BCUT2D eigenvalue weighted by atomic mass is 10.1. The highest BCUT2D eigenvalue weighted by Crippen LogP contribution is 2.26. The monoisotopic (exact) mass is 260 g/mol. The number of anilines is 1. The summed E-state index contributed by atoms with van der Waals surface area (Å²) in [6.45, 7) is 1.60. The molecule has 1 aromatic heterocycles. The standard InChI is InChI=1S/C14H20N4O/c1-18(2)10-11-4-5-14(19-3)13(8-11)15-9-12-6-7-16-17-12/h4-8,15H,9-10H2,1-3H3,(H,16,17). The molecule has 0 spiro atoms. The lowest BCUT2D eigenvalue weighted by Crippen LogP contribution is -2.11. The summed E-state index contributed by atoms with van der Waals surface area (Å²) in [7, 11) is 5.80. The minimum atomic E-state index is 0.696. The molecule has 0 aliphatic rings. The Bertz CT molecular complexity index is 508. The molecule has 2 N–H and O–H groups in total. The van der Waals surface area contributed by atoms with Crippen molar-refractivity contribution in [3.63, 3.8) is 0 Å². The number of nitrogens with zero attached hydrogens (tertiary/aromatic N) is 2. The van der Waals surface area contributed by atoms with Crippen LogP contribution in [0.25, 0.3) is 0 Å². The van der Waals surface area contributed by atoms with E-state index in [1.807, 2.05) is 12.1 Å². The summed E-state index contributed by atoms with van der Waals surface area (Å²) >= 11 is 0. The van der Waals surface area contributed by atoms with Crippen molar-refractivity contribution in [2.45, 2.75) is 13.1 Å². The van der Waals surface area contributed by atoms with E-state index in [0.29, 0.717) is 6.54 Å². The molecular formula is C14H20N4O. The van der Waals surface area contributed by atoms with Gasteiger partial charge in [-0.2, -0.15) is 5.10 Å². The highest BCUT2D eigenvalue weighted by atomic mass is 16.5. The maximum atomic E-state index is 5.37. The molecule has 0 fully saturated rings. The molecule has 0 unspecified atom stereocenters. The normalized spacial score (nSPS) is 10.7. The molecule has 0 aliphatic carbocycles. The molecule has 0 saturated carbocycles. The fourth-order valence-corrected chi connectivity index (χ4v) is 1.93. The van der Waals surface area contributed by atoms with Gasteiger partial charge in [-0.05, 0) is 37.9 Å². The van der Waals surface area contributed by atoms with E-state index in [9.17, 15) is 0 Å². The third-order valence-electron chi connectivity index (χ3n) is 2.79. The van der Waals surface area contributed by atoms with Gasteiger partial charge in [0.25, 0.3) is 0 Å². The van der Waals surface area contributed by atoms with Crippen molar-refractivity contribution >= 4 is 5.69 Å². The van der Waals surface area contributed by atoms with Crippen molar-refractivity contribution in [3.8, 4) is 5.75 Å². The van der Waals surface area contributed by atoms with E-state index in [1.54, 1.807) is 13.3 Å². The van der Waals surface area contributed by atoms with Crippen LogP contribution in [0.1, 0.15) is 11.3 Å². The molecule has 0 aliphatic heterocycles. The van der Waals surface area contributed by atoms with Crippen molar-refractivity contribution in [2.24, 2.45) is 0 Å². The number of aromatic nitrogens is 2. The zero-order valence-electron chi connectivity index (χ0n) is 11.6. The van der Waals surface area contributed by atoms with Crippen LogP contribution >= 0.6 is 0 Å². The van der Waals surface area contributed by atoms with Crippen LogP contribution < -0.4 is 10.1 Å². The summed E-state index contributed by atoms with van der Waals surface area (Å²) in [5, 5.41) is 10.2. The molecular weight excluding hydrogens is 240 g/mol. The first-order valence-corrected chi connectivity index (χ1v) is 6.23. The number of H-pyrrole nitrogens is 1. The maximum Gasteiger partial charge on any atom is 0.141 e. The van der Waals surface area contributed by atoms with E-state index in [2.05, 4.69) is 46.6 Å². The second-order valence-electron chi connectivity index (χ2n) is 4.71. The number of nitrogens with one attached hydrogen (secondary N) is 2. The van der Waals surface area contributed by atoms with Gasteiger partial charge in [0, 0.05) is 12.7 Å². The van der Waals surface area contributed by atoms with Gasteiger partial charge in [0.05, 0.1) is 25.0 Å². The number of benzene rings is 1. The third-order valence-corrected chi connectivity index (χ3v) is 2.79. The van der Waals surface area contributed by atoms with E-state index < -0.39 is 0 Å². The van der Waals surface area contributed by atoms with E-state index in [0.717, 1.165) is 23.7 Å². The number of hydrogen-bond acceptors (Lipinski definition) is 4. The van der Waals surface area contributed by atoms with Crippen molar-refractivity contribution in [1.29, 1.82) is 0 Å². The Hall–Kier alpha value is -2.01. The summed E-state index contributed by atoms with van der Waals surface area (Å²) in [5.41, 5.74) is 3.29. The summed E-state index contributed by atoms with van der Waals surface area (Å²) < 4.78 is 5.37. The first-order valence-electron chi connectivity index (χ1n) is 6.23. The van der Waals surface area contributed by atoms with Crippen LogP contribution in [0.3, 0.4) is 0 Å². The fraction of sp³-hybridized carbons (Fsp3) is 0.357. The minimum absolute atomic E-state index is 0.696. The second kappa shape index (κ2) is 6.24. The van der Waals surface area contributed by atoms with Crippen LogP contribution in [0.2, 0.25) is 0 Å². The summed E-state index contributed by atoms with van der Waals surface area (Å²) in [6.07, 6.45) is 1.75. The largest absolute Gasteiger partial charge is 0.495 e.